The fourth-order valence-electron chi connectivity index (χ4n) is 4.12. The van der Waals surface area contributed by atoms with Crippen LogP contribution in [0.4, 0.5) is 0 Å². The third kappa shape index (κ3) is 3.77. The molecular formula is C26H26N3O3P. The SMILES string of the molecule is Cc1ccc(-n2c(=O)c(P(=O)(c3ccccc3)c3ccccc3)c(C)n(N(C)C)c2=O)cc1. The average Bonchev–Trinajstić information content (AvgIpc) is 2.81. The third-order valence-electron chi connectivity index (χ3n) is 5.69. The summed E-state index contributed by atoms with van der Waals surface area (Å²) in [6.07, 6.45) is 0. The Hall–Kier alpha value is -3.63. The van der Waals surface area contributed by atoms with Crippen molar-refractivity contribution in [2.75, 3.05) is 19.1 Å². The molecule has 0 N–H and O–H groups in total. The molecule has 0 aliphatic rings. The van der Waals surface area contributed by atoms with Crippen molar-refractivity contribution in [3.05, 3.63) is 117 Å². The molecular weight excluding hydrogens is 433 g/mol. The van der Waals surface area contributed by atoms with Gasteiger partial charge in [0, 0.05) is 24.7 Å². The summed E-state index contributed by atoms with van der Waals surface area (Å²) in [6, 6.07) is 25.1. The van der Waals surface area contributed by atoms with Crippen molar-refractivity contribution in [1.82, 2.24) is 9.24 Å². The Balaban J connectivity index is 2.20. The van der Waals surface area contributed by atoms with E-state index in [9.17, 15) is 9.59 Å². The maximum absolute atomic E-state index is 15.0. The number of rotatable bonds is 5. The highest BCUT2D eigenvalue weighted by molar-refractivity contribution is 7.85. The van der Waals surface area contributed by atoms with Gasteiger partial charge in [-0.2, -0.15) is 0 Å². The van der Waals surface area contributed by atoms with Crippen molar-refractivity contribution in [2.24, 2.45) is 0 Å². The number of nitrogens with zero attached hydrogens (tertiary/aromatic N) is 3. The molecule has 0 fully saturated rings. The Kier molecular flexibility index (Phi) is 5.96. The van der Waals surface area contributed by atoms with Crippen LogP contribution in [-0.4, -0.2) is 23.3 Å². The zero-order valence-electron chi connectivity index (χ0n) is 19.1. The molecule has 0 aliphatic heterocycles. The molecule has 0 radical (unpaired) electrons. The van der Waals surface area contributed by atoms with E-state index in [1.54, 1.807) is 86.7 Å². The molecule has 0 spiro atoms. The number of benzene rings is 3. The van der Waals surface area contributed by atoms with Crippen molar-refractivity contribution in [1.29, 1.82) is 0 Å². The van der Waals surface area contributed by atoms with E-state index in [4.69, 9.17) is 0 Å². The second kappa shape index (κ2) is 8.72. The van der Waals surface area contributed by atoms with E-state index >= 15 is 4.57 Å². The van der Waals surface area contributed by atoms with E-state index in [-0.39, 0.29) is 5.30 Å². The van der Waals surface area contributed by atoms with Crippen LogP contribution in [0.15, 0.2) is 94.5 Å². The average molecular weight is 459 g/mol. The first-order valence-corrected chi connectivity index (χ1v) is 12.3. The summed E-state index contributed by atoms with van der Waals surface area (Å²) >= 11 is 0. The molecule has 7 heteroatoms. The summed E-state index contributed by atoms with van der Waals surface area (Å²) in [4.78, 5) is 27.5. The molecule has 0 aliphatic carbocycles. The van der Waals surface area contributed by atoms with Crippen molar-refractivity contribution in [3.63, 3.8) is 0 Å². The van der Waals surface area contributed by atoms with Crippen LogP contribution in [0.5, 0.6) is 0 Å². The third-order valence-corrected chi connectivity index (χ3v) is 8.88. The highest BCUT2D eigenvalue weighted by Crippen LogP contribution is 2.41. The predicted octanol–water partition coefficient (Wildman–Crippen LogP) is 2.45. The zero-order chi connectivity index (χ0) is 23.8. The summed E-state index contributed by atoms with van der Waals surface area (Å²) in [5.74, 6) is 0. The van der Waals surface area contributed by atoms with Gasteiger partial charge in [-0.25, -0.2) is 14.0 Å². The molecule has 0 atom stereocenters. The standard InChI is InChI=1S/C26H26N3O3P/c1-19-15-17-21(18-16-19)28-25(30)24(20(2)29(26(28)31)27(3)4)33(32,22-11-7-5-8-12-22)23-13-9-6-10-14-23/h5-18H,1-4H3. The van der Waals surface area contributed by atoms with E-state index < -0.39 is 18.4 Å². The van der Waals surface area contributed by atoms with Crippen LogP contribution < -0.4 is 32.2 Å². The first kappa shape index (κ1) is 22.6. The fraction of sp³-hybridized carbons (Fsp3) is 0.154. The first-order chi connectivity index (χ1) is 15.8. The second-order valence-electron chi connectivity index (χ2n) is 8.13. The lowest BCUT2D eigenvalue weighted by atomic mass is 10.2. The lowest BCUT2D eigenvalue weighted by Crippen LogP contribution is -2.54. The predicted molar refractivity (Wildman–Crippen MR) is 135 cm³/mol. The normalized spacial score (nSPS) is 11.4. The molecule has 0 amide bonds. The lowest BCUT2D eigenvalue weighted by molar-refractivity contribution is 0.589. The summed E-state index contributed by atoms with van der Waals surface area (Å²) < 4.78 is 17.5. The maximum atomic E-state index is 15.0. The number of hydrogen-bond acceptors (Lipinski definition) is 4. The highest BCUT2D eigenvalue weighted by atomic mass is 31.2. The van der Waals surface area contributed by atoms with Gasteiger partial charge in [-0.1, -0.05) is 78.4 Å². The van der Waals surface area contributed by atoms with Gasteiger partial charge in [0.2, 0.25) is 0 Å². The first-order valence-electron chi connectivity index (χ1n) is 10.6. The molecule has 0 bridgehead atoms. The van der Waals surface area contributed by atoms with Crippen molar-refractivity contribution in [3.8, 4) is 5.69 Å². The molecule has 0 saturated carbocycles. The van der Waals surface area contributed by atoms with Crippen molar-refractivity contribution in [2.45, 2.75) is 13.8 Å². The minimum absolute atomic E-state index is 0.119. The van der Waals surface area contributed by atoms with E-state index in [1.165, 1.54) is 4.68 Å². The minimum Gasteiger partial charge on any atom is -0.315 e. The molecule has 0 unspecified atom stereocenters. The van der Waals surface area contributed by atoms with Crippen LogP contribution in [-0.2, 0) is 4.57 Å². The van der Waals surface area contributed by atoms with Gasteiger partial charge in [-0.05, 0) is 26.0 Å². The molecule has 3 aromatic carbocycles. The van der Waals surface area contributed by atoms with Crippen LogP contribution in [0, 0.1) is 13.8 Å². The number of hydrogen-bond donors (Lipinski definition) is 0. The summed E-state index contributed by atoms with van der Waals surface area (Å²) in [5.41, 5.74) is 0.708. The van der Waals surface area contributed by atoms with Gasteiger partial charge in [0.1, 0.15) is 5.30 Å². The van der Waals surface area contributed by atoms with Crippen LogP contribution >= 0.6 is 7.14 Å². The van der Waals surface area contributed by atoms with E-state index in [0.29, 0.717) is 22.0 Å². The van der Waals surface area contributed by atoms with E-state index in [0.717, 1.165) is 10.1 Å². The molecule has 33 heavy (non-hydrogen) atoms. The Bertz CT molecular complexity index is 1410. The van der Waals surface area contributed by atoms with Gasteiger partial charge in [-0.15, -0.1) is 0 Å². The topological polar surface area (TPSA) is 64.3 Å². The Morgan fingerprint density at radius 3 is 1.67 bits per heavy atom. The van der Waals surface area contributed by atoms with Crippen molar-refractivity contribution >= 4 is 23.1 Å². The minimum atomic E-state index is -3.61. The van der Waals surface area contributed by atoms with Crippen LogP contribution in [0.1, 0.15) is 11.3 Å². The molecule has 1 heterocycles. The van der Waals surface area contributed by atoms with Crippen LogP contribution in [0.3, 0.4) is 0 Å². The highest BCUT2D eigenvalue weighted by Gasteiger charge is 2.37. The van der Waals surface area contributed by atoms with Crippen LogP contribution in [0.2, 0.25) is 0 Å². The molecule has 168 valence electrons. The Labute approximate surface area is 192 Å². The maximum Gasteiger partial charge on any atom is 0.354 e. The Morgan fingerprint density at radius 2 is 1.21 bits per heavy atom. The van der Waals surface area contributed by atoms with Gasteiger partial charge in [0.05, 0.1) is 11.4 Å². The monoisotopic (exact) mass is 459 g/mol. The number of aryl methyl sites for hydroxylation is 1. The summed E-state index contributed by atoms with van der Waals surface area (Å²) in [6.45, 7) is 3.61. The van der Waals surface area contributed by atoms with E-state index in [1.807, 2.05) is 31.2 Å². The van der Waals surface area contributed by atoms with Crippen molar-refractivity contribution < 1.29 is 4.57 Å². The molecule has 4 aromatic rings. The second-order valence-corrected chi connectivity index (χ2v) is 10.8. The lowest BCUT2D eigenvalue weighted by Gasteiger charge is -2.27. The van der Waals surface area contributed by atoms with Gasteiger partial charge < -0.3 is 9.57 Å². The summed E-state index contributed by atoms with van der Waals surface area (Å²) in [5, 5.41) is 2.80. The summed E-state index contributed by atoms with van der Waals surface area (Å²) in [7, 11) is -0.174. The molecule has 6 nitrogen and oxygen atoms in total. The van der Waals surface area contributed by atoms with Crippen LogP contribution in [0.25, 0.3) is 5.69 Å². The smallest absolute Gasteiger partial charge is 0.315 e. The molecule has 4 rings (SSSR count). The fourth-order valence-corrected chi connectivity index (χ4v) is 7.04. The largest absolute Gasteiger partial charge is 0.354 e. The quantitative estimate of drug-likeness (QED) is 0.430. The molecule has 1 aromatic heterocycles. The molecule has 0 saturated heterocycles. The van der Waals surface area contributed by atoms with Gasteiger partial charge in [0.15, 0.2) is 7.14 Å². The zero-order valence-corrected chi connectivity index (χ0v) is 20.0. The van der Waals surface area contributed by atoms with Gasteiger partial charge in [0.25, 0.3) is 5.56 Å². The Morgan fingerprint density at radius 1 is 0.727 bits per heavy atom. The van der Waals surface area contributed by atoms with Gasteiger partial charge >= 0.3 is 5.69 Å². The number of aromatic nitrogens is 2. The van der Waals surface area contributed by atoms with E-state index in [2.05, 4.69) is 0 Å². The van der Waals surface area contributed by atoms with Gasteiger partial charge in [-0.3, -0.25) is 4.79 Å².